The Hall–Kier alpha value is -9.45. The molecule has 1 heterocycles. The van der Waals surface area contributed by atoms with Crippen LogP contribution in [-0.2, 0) is 4.79 Å². The van der Waals surface area contributed by atoms with Gasteiger partial charge in [0, 0.05) is 61.2 Å². The zero-order valence-corrected chi connectivity index (χ0v) is 39.2. The molecule has 0 aliphatic rings. The molecular weight excluding hydrogens is 865 g/mol. The highest BCUT2D eigenvalue weighted by Gasteiger charge is 2.19. The lowest BCUT2D eigenvalue weighted by Crippen LogP contribution is -2.13. The van der Waals surface area contributed by atoms with E-state index in [9.17, 15) is 4.79 Å². The van der Waals surface area contributed by atoms with Gasteiger partial charge in [-0.1, -0.05) is 158 Å². The maximum atomic E-state index is 12.4. The van der Waals surface area contributed by atoms with Gasteiger partial charge in [-0.3, -0.25) is 4.79 Å². The molecule has 12 aromatic rings. The minimum Gasteiger partial charge on any atom is -0.322 e. The van der Waals surface area contributed by atoms with Crippen molar-refractivity contribution in [3.63, 3.8) is 0 Å². The van der Waals surface area contributed by atoms with E-state index >= 15 is 0 Å². The first-order valence-electron chi connectivity index (χ1n) is 24.0. The van der Waals surface area contributed by atoms with E-state index < -0.39 is 0 Å². The van der Waals surface area contributed by atoms with Crippen LogP contribution in [0.25, 0.3) is 71.3 Å². The Morgan fingerprint density at radius 3 is 1.32 bits per heavy atom. The van der Waals surface area contributed by atoms with E-state index in [4.69, 9.17) is 0 Å². The lowest BCUT2D eigenvalue weighted by atomic mass is 10.0. The van der Waals surface area contributed by atoms with Crippen LogP contribution in [0.1, 0.15) is 6.92 Å². The minimum absolute atomic E-state index is 0.197. The first kappa shape index (κ1) is 42.9. The molecule has 0 aliphatic carbocycles. The summed E-state index contributed by atoms with van der Waals surface area (Å²) in [5.41, 5.74) is 15.6. The van der Waals surface area contributed by atoms with E-state index in [1.165, 1.54) is 38.1 Å². The molecule has 0 bridgehead atoms. The number of rotatable bonds is 11. The van der Waals surface area contributed by atoms with Gasteiger partial charge in [0.25, 0.3) is 5.91 Å². The van der Waals surface area contributed by atoms with Crippen LogP contribution in [0, 0.1) is 0 Å². The molecule has 0 aliphatic heterocycles. The summed E-state index contributed by atoms with van der Waals surface area (Å²) in [7, 11) is 0. The van der Waals surface area contributed by atoms with Gasteiger partial charge in [0.15, 0.2) is 0 Å². The Balaban J connectivity index is 0.881. The predicted molar refractivity (Wildman–Crippen MR) is 299 cm³/mol. The van der Waals surface area contributed by atoms with E-state index in [1.54, 1.807) is 6.92 Å². The van der Waals surface area contributed by atoms with Gasteiger partial charge in [-0.2, -0.15) is 0 Å². The lowest BCUT2D eigenvalue weighted by molar-refractivity contribution is -0.112. The smallest absolute Gasteiger partial charge is 0.250 e. The predicted octanol–water partition coefficient (Wildman–Crippen LogP) is 17.9. The number of benzene rings is 11. The molecule has 12 rings (SSSR count). The molecule has 0 atom stereocenters. The highest BCUT2D eigenvalue weighted by atomic mass is 16.1. The molecule has 11 aromatic carbocycles. The Morgan fingerprint density at radius 2 is 0.803 bits per heavy atom. The molecule has 0 saturated carbocycles. The molecule has 0 radical (unpaired) electrons. The van der Waals surface area contributed by atoms with Crippen molar-refractivity contribution in [3.05, 3.63) is 267 Å². The normalized spacial score (nSPS) is 11.3. The summed E-state index contributed by atoms with van der Waals surface area (Å²) in [6.07, 6.45) is 0. The van der Waals surface area contributed by atoms with E-state index in [0.717, 1.165) is 67.3 Å². The highest BCUT2D eigenvalue weighted by molar-refractivity contribution is 6.11. The van der Waals surface area contributed by atoms with Crippen LogP contribution in [0.3, 0.4) is 0 Å². The number of hydrogen-bond donors (Lipinski definition) is 1. The second kappa shape index (κ2) is 18.2. The Labute approximate surface area is 413 Å². The first-order chi connectivity index (χ1) is 34.9. The van der Waals surface area contributed by atoms with Crippen molar-refractivity contribution in [1.82, 2.24) is 4.57 Å². The van der Waals surface area contributed by atoms with Crippen LogP contribution in [0.5, 0.6) is 0 Å². The molecule has 338 valence electrons. The van der Waals surface area contributed by atoms with Gasteiger partial charge < -0.3 is 19.7 Å². The summed E-state index contributed by atoms with van der Waals surface area (Å²) in [5, 5.41) is 10.1. The lowest BCUT2D eigenvalue weighted by Gasteiger charge is -2.28. The first-order valence-corrected chi connectivity index (χ1v) is 24.0. The van der Waals surface area contributed by atoms with Crippen molar-refractivity contribution in [1.29, 1.82) is 0 Å². The monoisotopic (exact) mass is 912 g/mol. The van der Waals surface area contributed by atoms with Crippen molar-refractivity contribution >= 4 is 89.1 Å². The van der Waals surface area contributed by atoms with Crippen molar-refractivity contribution in [3.8, 4) is 27.9 Å². The number of amides is 1. The molecule has 0 saturated heterocycles. The molecule has 1 amide bonds. The summed E-state index contributed by atoms with van der Waals surface area (Å²) in [5.74, 6) is -0.197. The number of nitrogens with one attached hydrogen (secondary N) is 1. The van der Waals surface area contributed by atoms with Crippen molar-refractivity contribution in [2.45, 2.75) is 6.92 Å². The fraction of sp³-hybridized carbons (Fsp3) is 0.0152. The molecule has 0 spiro atoms. The van der Waals surface area contributed by atoms with Gasteiger partial charge >= 0.3 is 0 Å². The number of anilines is 7. The molecule has 0 unspecified atom stereocenters. The number of hydrogen-bond acceptors (Lipinski definition) is 3. The van der Waals surface area contributed by atoms with Crippen molar-refractivity contribution < 1.29 is 4.79 Å². The maximum absolute atomic E-state index is 12.4. The van der Waals surface area contributed by atoms with Crippen LogP contribution >= 0.6 is 0 Å². The van der Waals surface area contributed by atoms with E-state index in [2.05, 4.69) is 257 Å². The maximum Gasteiger partial charge on any atom is 0.250 e. The average molecular weight is 913 g/mol. The van der Waals surface area contributed by atoms with E-state index in [1.807, 2.05) is 24.3 Å². The zero-order chi connectivity index (χ0) is 47.8. The second-order valence-electron chi connectivity index (χ2n) is 18.0. The largest absolute Gasteiger partial charge is 0.322 e. The molecule has 5 heteroatoms. The number of aromatic nitrogens is 1. The summed E-state index contributed by atoms with van der Waals surface area (Å²) in [6.45, 7) is 5.50. The highest BCUT2D eigenvalue weighted by Crippen LogP contribution is 2.43. The second-order valence-corrected chi connectivity index (χ2v) is 18.0. The summed E-state index contributed by atoms with van der Waals surface area (Å²) < 4.78 is 2.36. The molecule has 5 nitrogen and oxygen atoms in total. The quantitative estimate of drug-likeness (QED) is 0.131. The van der Waals surface area contributed by atoms with Crippen molar-refractivity contribution in [2.24, 2.45) is 0 Å². The summed E-state index contributed by atoms with van der Waals surface area (Å²) in [4.78, 5) is 17.1. The third kappa shape index (κ3) is 8.05. The zero-order valence-electron chi connectivity index (χ0n) is 39.2. The molecule has 1 aromatic heterocycles. The minimum atomic E-state index is -0.197. The SMILES string of the molecule is C=C(C)C(=O)Nc1ccc(N(c2ccc(-c3ccc(N(c4ccc(-c5ccc6c(c5)c5ccccc5n6-c5ccccc5)cc4)c4cccc5ccccc45)cc3)cc2)c2cccc3ccccc23)cc1. The Bertz CT molecular complexity index is 3920. The van der Waals surface area contributed by atoms with Gasteiger partial charge in [-0.15, -0.1) is 0 Å². The Kier molecular flexibility index (Phi) is 11.0. The number of fused-ring (bicyclic) bond motifs is 5. The van der Waals surface area contributed by atoms with Gasteiger partial charge in [-0.05, 0) is 143 Å². The van der Waals surface area contributed by atoms with Crippen LogP contribution in [0.2, 0.25) is 0 Å². The molecule has 0 fully saturated rings. The molecule has 71 heavy (non-hydrogen) atoms. The van der Waals surface area contributed by atoms with Crippen LogP contribution < -0.4 is 15.1 Å². The van der Waals surface area contributed by atoms with Gasteiger partial charge in [-0.25, -0.2) is 0 Å². The van der Waals surface area contributed by atoms with E-state index in [0.29, 0.717) is 11.3 Å². The standard InChI is InChI=1S/C66H48N4O/c1-45(2)66(71)67-52-33-41-57(42-34-52)69(63-25-13-17-50-15-7-9-21-59(50)63)55-37-28-47(29-38-55)46-26-35-54(36-27-46)68(62-24-12-16-49-14-6-8-20-58(49)62)56-39-30-48(31-40-56)51-32-43-65-61(44-51)60-22-10-11-23-64(60)70(65)53-18-4-3-5-19-53/h3-44H,1H2,2H3,(H,67,71). The van der Waals surface area contributed by atoms with Crippen LogP contribution in [0.15, 0.2) is 267 Å². The average Bonchev–Trinajstić information content (AvgIpc) is 3.76. The topological polar surface area (TPSA) is 40.5 Å². The van der Waals surface area contributed by atoms with Gasteiger partial charge in [0.05, 0.1) is 22.4 Å². The van der Waals surface area contributed by atoms with Crippen LogP contribution in [-0.4, -0.2) is 10.5 Å². The molecular formula is C66H48N4O. The number of carbonyl (C=O) groups excluding carboxylic acids is 1. The van der Waals surface area contributed by atoms with Gasteiger partial charge in [0.1, 0.15) is 0 Å². The van der Waals surface area contributed by atoms with Crippen LogP contribution in [0.4, 0.5) is 39.8 Å². The fourth-order valence-corrected chi connectivity index (χ4v) is 10.0. The van der Waals surface area contributed by atoms with Gasteiger partial charge in [0.2, 0.25) is 0 Å². The third-order valence-electron chi connectivity index (χ3n) is 13.5. The number of para-hydroxylation sites is 2. The summed E-state index contributed by atoms with van der Waals surface area (Å²) in [6, 6.07) is 90.8. The van der Waals surface area contributed by atoms with E-state index in [-0.39, 0.29) is 5.91 Å². The molecule has 1 N–H and O–H groups in total. The Morgan fingerprint density at radius 1 is 0.394 bits per heavy atom. The number of carbonyl (C=O) groups is 1. The third-order valence-corrected chi connectivity index (χ3v) is 13.5. The number of nitrogens with zero attached hydrogens (tertiary/aromatic N) is 3. The summed E-state index contributed by atoms with van der Waals surface area (Å²) >= 11 is 0. The fourth-order valence-electron chi connectivity index (χ4n) is 10.0. The van der Waals surface area contributed by atoms with Crippen molar-refractivity contribution in [2.75, 3.05) is 15.1 Å².